The molecule has 1 aromatic rings. The molecule has 1 aliphatic rings. The number of benzene rings is 1. The maximum absolute atomic E-state index is 11.7. The van der Waals surface area contributed by atoms with E-state index in [1.807, 2.05) is 12.1 Å². The fourth-order valence-electron chi connectivity index (χ4n) is 2.05. The van der Waals surface area contributed by atoms with E-state index in [1.54, 1.807) is 12.1 Å². The minimum atomic E-state index is -0.121. The standard InChI is InChI=1S/C15H23N3O2/c1-11(18(2)12-7-8-12)9-17-15(19)10-20-14-6-4-3-5-13(14)16/h3-6,11-12H,7-10,16H2,1-2H3,(H,17,19). The Morgan fingerprint density at radius 1 is 1.50 bits per heavy atom. The van der Waals surface area contributed by atoms with Gasteiger partial charge in [0.1, 0.15) is 5.75 Å². The third-order valence-corrected chi connectivity index (χ3v) is 3.69. The van der Waals surface area contributed by atoms with Crippen molar-refractivity contribution >= 4 is 11.6 Å². The summed E-state index contributed by atoms with van der Waals surface area (Å²) in [6.07, 6.45) is 2.54. The van der Waals surface area contributed by atoms with E-state index in [0.29, 0.717) is 30.1 Å². The summed E-state index contributed by atoms with van der Waals surface area (Å²) in [7, 11) is 2.11. The van der Waals surface area contributed by atoms with E-state index in [4.69, 9.17) is 10.5 Å². The number of anilines is 1. The van der Waals surface area contributed by atoms with E-state index in [2.05, 4.69) is 24.2 Å². The number of nitrogens with one attached hydrogen (secondary N) is 1. The number of rotatable bonds is 7. The number of amides is 1. The van der Waals surface area contributed by atoms with Crippen LogP contribution in [0.15, 0.2) is 24.3 Å². The van der Waals surface area contributed by atoms with Gasteiger partial charge < -0.3 is 15.8 Å². The highest BCUT2D eigenvalue weighted by molar-refractivity contribution is 5.77. The number of para-hydroxylation sites is 2. The number of nitrogens with two attached hydrogens (primary N) is 1. The molecular weight excluding hydrogens is 254 g/mol. The summed E-state index contributed by atoms with van der Waals surface area (Å²) < 4.78 is 5.40. The second-order valence-corrected chi connectivity index (χ2v) is 5.38. The topological polar surface area (TPSA) is 67.6 Å². The number of hydrogen-bond donors (Lipinski definition) is 2. The van der Waals surface area contributed by atoms with E-state index in [1.165, 1.54) is 12.8 Å². The van der Waals surface area contributed by atoms with Gasteiger partial charge in [-0.05, 0) is 38.9 Å². The Hall–Kier alpha value is -1.75. The zero-order valence-electron chi connectivity index (χ0n) is 12.1. The molecule has 0 heterocycles. The van der Waals surface area contributed by atoms with Crippen LogP contribution in [0.1, 0.15) is 19.8 Å². The first-order chi connectivity index (χ1) is 9.58. The Labute approximate surface area is 120 Å². The normalized spacial score (nSPS) is 15.9. The van der Waals surface area contributed by atoms with Crippen LogP contribution < -0.4 is 15.8 Å². The minimum absolute atomic E-state index is 0.00588. The van der Waals surface area contributed by atoms with Crippen LogP contribution in [0.4, 0.5) is 5.69 Å². The van der Waals surface area contributed by atoms with Crippen molar-refractivity contribution in [3.8, 4) is 5.75 Å². The fraction of sp³-hybridized carbons (Fsp3) is 0.533. The highest BCUT2D eigenvalue weighted by atomic mass is 16.5. The van der Waals surface area contributed by atoms with Crippen molar-refractivity contribution in [2.75, 3.05) is 25.9 Å². The van der Waals surface area contributed by atoms with Gasteiger partial charge in [-0.25, -0.2) is 0 Å². The molecule has 5 nitrogen and oxygen atoms in total. The Morgan fingerprint density at radius 2 is 2.20 bits per heavy atom. The van der Waals surface area contributed by atoms with Crippen LogP contribution in [-0.4, -0.2) is 43.1 Å². The maximum Gasteiger partial charge on any atom is 0.257 e. The Kier molecular flexibility index (Phi) is 4.84. The number of hydrogen-bond acceptors (Lipinski definition) is 4. The van der Waals surface area contributed by atoms with Gasteiger partial charge in [-0.15, -0.1) is 0 Å². The molecule has 0 saturated heterocycles. The number of nitrogens with zero attached hydrogens (tertiary/aromatic N) is 1. The maximum atomic E-state index is 11.7. The number of ether oxygens (including phenoxy) is 1. The van der Waals surface area contributed by atoms with Crippen LogP contribution in [0.3, 0.4) is 0 Å². The van der Waals surface area contributed by atoms with Crippen LogP contribution in [-0.2, 0) is 4.79 Å². The predicted octanol–water partition coefficient (Wildman–Crippen LogP) is 1.25. The summed E-state index contributed by atoms with van der Waals surface area (Å²) in [6.45, 7) is 2.75. The van der Waals surface area contributed by atoms with Gasteiger partial charge in [0, 0.05) is 18.6 Å². The first kappa shape index (κ1) is 14.7. The van der Waals surface area contributed by atoms with Crippen molar-refractivity contribution in [3.63, 3.8) is 0 Å². The average molecular weight is 277 g/mol. The van der Waals surface area contributed by atoms with Crippen molar-refractivity contribution in [1.29, 1.82) is 0 Å². The molecule has 20 heavy (non-hydrogen) atoms. The fourth-order valence-corrected chi connectivity index (χ4v) is 2.05. The number of nitrogen functional groups attached to an aromatic ring is 1. The summed E-state index contributed by atoms with van der Waals surface area (Å²) >= 11 is 0. The quantitative estimate of drug-likeness (QED) is 0.736. The summed E-state index contributed by atoms with van der Waals surface area (Å²) in [5.41, 5.74) is 6.29. The van der Waals surface area contributed by atoms with E-state index >= 15 is 0 Å². The first-order valence-corrected chi connectivity index (χ1v) is 7.04. The van der Waals surface area contributed by atoms with Crippen LogP contribution in [0.5, 0.6) is 5.75 Å². The second kappa shape index (κ2) is 6.61. The molecule has 3 N–H and O–H groups in total. The lowest BCUT2D eigenvalue weighted by molar-refractivity contribution is -0.123. The summed E-state index contributed by atoms with van der Waals surface area (Å²) in [4.78, 5) is 14.1. The van der Waals surface area contributed by atoms with Crippen LogP contribution in [0.2, 0.25) is 0 Å². The lowest BCUT2D eigenvalue weighted by Crippen LogP contribution is -2.42. The van der Waals surface area contributed by atoms with E-state index < -0.39 is 0 Å². The Bertz CT molecular complexity index is 460. The molecule has 2 rings (SSSR count). The minimum Gasteiger partial charge on any atom is -0.482 e. The summed E-state index contributed by atoms with van der Waals surface area (Å²) in [6, 6.07) is 8.20. The van der Waals surface area contributed by atoms with Gasteiger partial charge in [0.25, 0.3) is 5.91 Å². The smallest absolute Gasteiger partial charge is 0.257 e. The van der Waals surface area contributed by atoms with Gasteiger partial charge in [0.05, 0.1) is 5.69 Å². The second-order valence-electron chi connectivity index (χ2n) is 5.38. The van der Waals surface area contributed by atoms with Gasteiger partial charge in [-0.2, -0.15) is 0 Å². The third-order valence-electron chi connectivity index (χ3n) is 3.69. The molecule has 0 radical (unpaired) electrons. The van der Waals surface area contributed by atoms with Crippen molar-refractivity contribution in [1.82, 2.24) is 10.2 Å². The Morgan fingerprint density at radius 3 is 2.85 bits per heavy atom. The van der Waals surface area contributed by atoms with E-state index in [-0.39, 0.29) is 12.5 Å². The van der Waals surface area contributed by atoms with Crippen molar-refractivity contribution in [3.05, 3.63) is 24.3 Å². The predicted molar refractivity (Wildman–Crippen MR) is 79.6 cm³/mol. The molecule has 0 aliphatic heterocycles. The number of carbonyl (C=O) groups is 1. The Balaban J connectivity index is 1.69. The van der Waals surface area contributed by atoms with E-state index in [9.17, 15) is 4.79 Å². The molecule has 1 saturated carbocycles. The molecule has 0 bridgehead atoms. The largest absolute Gasteiger partial charge is 0.482 e. The highest BCUT2D eigenvalue weighted by Crippen LogP contribution is 2.26. The monoisotopic (exact) mass is 277 g/mol. The third kappa shape index (κ3) is 4.13. The van der Waals surface area contributed by atoms with Crippen LogP contribution in [0.25, 0.3) is 0 Å². The number of carbonyl (C=O) groups excluding carboxylic acids is 1. The molecule has 1 unspecified atom stereocenters. The molecule has 1 amide bonds. The van der Waals surface area contributed by atoms with Crippen molar-refractivity contribution in [2.24, 2.45) is 0 Å². The molecule has 110 valence electrons. The molecular formula is C15H23N3O2. The SMILES string of the molecule is CC(CNC(=O)COc1ccccc1N)N(C)C1CC1. The van der Waals surface area contributed by atoms with Crippen molar-refractivity contribution in [2.45, 2.75) is 31.8 Å². The van der Waals surface area contributed by atoms with Gasteiger partial charge in [-0.3, -0.25) is 9.69 Å². The molecule has 1 fully saturated rings. The molecule has 5 heteroatoms. The summed E-state index contributed by atoms with van der Waals surface area (Å²) in [5.74, 6) is 0.426. The molecule has 1 atom stereocenters. The zero-order valence-corrected chi connectivity index (χ0v) is 12.1. The van der Waals surface area contributed by atoms with Gasteiger partial charge in [0.2, 0.25) is 0 Å². The van der Waals surface area contributed by atoms with Gasteiger partial charge in [0.15, 0.2) is 6.61 Å². The van der Waals surface area contributed by atoms with Crippen LogP contribution >= 0.6 is 0 Å². The average Bonchev–Trinajstić information content (AvgIpc) is 3.27. The zero-order chi connectivity index (χ0) is 14.5. The molecule has 1 aromatic carbocycles. The highest BCUT2D eigenvalue weighted by Gasteiger charge is 2.29. The lowest BCUT2D eigenvalue weighted by atomic mass is 10.3. The molecule has 0 spiro atoms. The molecule has 0 aromatic heterocycles. The molecule has 1 aliphatic carbocycles. The van der Waals surface area contributed by atoms with Crippen molar-refractivity contribution < 1.29 is 9.53 Å². The van der Waals surface area contributed by atoms with Gasteiger partial charge >= 0.3 is 0 Å². The van der Waals surface area contributed by atoms with Crippen LogP contribution in [0, 0.1) is 0 Å². The first-order valence-electron chi connectivity index (χ1n) is 7.04. The van der Waals surface area contributed by atoms with Gasteiger partial charge in [-0.1, -0.05) is 12.1 Å². The lowest BCUT2D eigenvalue weighted by Gasteiger charge is -2.24. The van der Waals surface area contributed by atoms with E-state index in [0.717, 1.165) is 0 Å². The number of likely N-dealkylation sites (N-methyl/N-ethyl adjacent to an activating group) is 1. The summed E-state index contributed by atoms with van der Waals surface area (Å²) in [5, 5.41) is 2.89.